The zero-order valence-corrected chi connectivity index (χ0v) is 13.8. The topological polar surface area (TPSA) is 49.9 Å². The number of Topliss-reactive ketones (excluding diaryl/α,β-unsaturated/α-hetero) is 2. The second-order valence-electron chi connectivity index (χ2n) is 6.69. The monoisotopic (exact) mass is 299 g/mol. The number of ketones is 2. The van der Waals surface area contributed by atoms with Crippen LogP contribution in [0.1, 0.15) is 39.7 Å². The third kappa shape index (κ3) is 3.65. The highest BCUT2D eigenvalue weighted by atomic mass is 16.1. The third-order valence-electron chi connectivity index (χ3n) is 4.25. The smallest absolute Gasteiger partial charge is 0.139 e. The summed E-state index contributed by atoms with van der Waals surface area (Å²) in [4.78, 5) is 27.9. The van der Waals surface area contributed by atoms with Gasteiger partial charge >= 0.3 is 0 Å². The predicted molar refractivity (Wildman–Crippen MR) is 89.8 cm³/mol. The molecule has 0 saturated carbocycles. The van der Waals surface area contributed by atoms with Crippen molar-refractivity contribution in [1.82, 2.24) is 4.98 Å². The van der Waals surface area contributed by atoms with Crippen LogP contribution >= 0.6 is 0 Å². The van der Waals surface area contributed by atoms with Crippen molar-refractivity contribution >= 4 is 22.5 Å². The molecule has 0 amide bonds. The van der Waals surface area contributed by atoms with Gasteiger partial charge in [0.1, 0.15) is 11.6 Å². The lowest BCUT2D eigenvalue weighted by molar-refractivity contribution is -0.131. The summed E-state index contributed by atoms with van der Waals surface area (Å²) in [7, 11) is 0. The molecule has 2 aromatic rings. The fourth-order valence-corrected chi connectivity index (χ4v) is 2.90. The van der Waals surface area contributed by atoms with Gasteiger partial charge in [-0.25, -0.2) is 0 Å². The van der Waals surface area contributed by atoms with Crippen LogP contribution in [-0.4, -0.2) is 16.6 Å². The number of nitrogens with one attached hydrogen (secondary N) is 1. The molecule has 1 aromatic carbocycles. The van der Waals surface area contributed by atoms with Gasteiger partial charge in [-0.2, -0.15) is 0 Å². The average Bonchev–Trinajstić information content (AvgIpc) is 2.87. The van der Waals surface area contributed by atoms with Crippen molar-refractivity contribution < 1.29 is 9.59 Å². The minimum Gasteiger partial charge on any atom is -0.361 e. The quantitative estimate of drug-likeness (QED) is 0.834. The number of aromatic nitrogens is 1. The summed E-state index contributed by atoms with van der Waals surface area (Å²) in [5.74, 6) is 0.340. The van der Waals surface area contributed by atoms with Gasteiger partial charge in [0, 0.05) is 41.8 Å². The Morgan fingerprint density at radius 1 is 1.09 bits per heavy atom. The number of H-pyrrole nitrogens is 1. The van der Waals surface area contributed by atoms with Crippen molar-refractivity contribution in [2.75, 3.05) is 0 Å². The molecule has 1 aromatic heterocycles. The van der Waals surface area contributed by atoms with E-state index in [0.717, 1.165) is 16.5 Å². The van der Waals surface area contributed by atoms with Crippen LogP contribution in [0.2, 0.25) is 0 Å². The maximum Gasteiger partial charge on any atom is 0.139 e. The molecular weight excluding hydrogens is 274 g/mol. The summed E-state index contributed by atoms with van der Waals surface area (Å²) in [6.45, 7) is 7.84. The highest BCUT2D eigenvalue weighted by Gasteiger charge is 2.26. The number of hydrogen-bond acceptors (Lipinski definition) is 2. The first-order chi connectivity index (χ1) is 10.4. The predicted octanol–water partition coefficient (Wildman–Crippen LogP) is 4.17. The van der Waals surface area contributed by atoms with Gasteiger partial charge < -0.3 is 4.98 Å². The fraction of sp³-hybridized carbons (Fsp3) is 0.474. The standard InChI is InChI=1S/C19H25NO2/c1-12(2)17(19(22)13(3)4)10-15(21)9-14-11-20-18-8-6-5-7-16(14)18/h5-8,11-13,17,20H,9-10H2,1-4H3/t17-/m0/s1. The number of benzene rings is 1. The molecule has 2 rings (SSSR count). The lowest BCUT2D eigenvalue weighted by Gasteiger charge is -2.20. The second-order valence-corrected chi connectivity index (χ2v) is 6.69. The van der Waals surface area contributed by atoms with Gasteiger partial charge in [-0.15, -0.1) is 0 Å². The van der Waals surface area contributed by atoms with Crippen LogP contribution in [0.5, 0.6) is 0 Å². The molecule has 0 radical (unpaired) electrons. The molecule has 1 atom stereocenters. The third-order valence-corrected chi connectivity index (χ3v) is 4.25. The summed E-state index contributed by atoms with van der Waals surface area (Å²) in [6.07, 6.45) is 2.63. The van der Waals surface area contributed by atoms with E-state index in [4.69, 9.17) is 0 Å². The Morgan fingerprint density at radius 3 is 2.41 bits per heavy atom. The van der Waals surface area contributed by atoms with Gasteiger partial charge in [0.05, 0.1) is 0 Å². The van der Waals surface area contributed by atoms with Crippen molar-refractivity contribution in [3.63, 3.8) is 0 Å². The van der Waals surface area contributed by atoms with Crippen molar-refractivity contribution in [2.24, 2.45) is 17.8 Å². The molecule has 0 fully saturated rings. The van der Waals surface area contributed by atoms with E-state index in [1.54, 1.807) is 0 Å². The fourth-order valence-electron chi connectivity index (χ4n) is 2.90. The molecule has 0 saturated heterocycles. The maximum absolute atomic E-state index is 12.4. The number of fused-ring (bicyclic) bond motifs is 1. The first kappa shape index (κ1) is 16.5. The van der Waals surface area contributed by atoms with E-state index in [2.05, 4.69) is 4.98 Å². The molecule has 0 unspecified atom stereocenters. The van der Waals surface area contributed by atoms with Crippen LogP contribution in [0.25, 0.3) is 10.9 Å². The molecule has 0 aliphatic rings. The molecule has 0 spiro atoms. The highest BCUT2D eigenvalue weighted by molar-refractivity contribution is 5.93. The van der Waals surface area contributed by atoms with Gasteiger partial charge in [0.2, 0.25) is 0 Å². The van der Waals surface area contributed by atoms with E-state index in [1.165, 1.54) is 0 Å². The summed E-state index contributed by atoms with van der Waals surface area (Å²) < 4.78 is 0. The minimum atomic E-state index is -0.169. The molecule has 3 heteroatoms. The van der Waals surface area contributed by atoms with Crippen LogP contribution in [0.4, 0.5) is 0 Å². The number of rotatable bonds is 7. The van der Waals surface area contributed by atoms with E-state index >= 15 is 0 Å². The summed E-state index contributed by atoms with van der Waals surface area (Å²) >= 11 is 0. The molecule has 0 bridgehead atoms. The van der Waals surface area contributed by atoms with Crippen LogP contribution < -0.4 is 0 Å². The summed E-state index contributed by atoms with van der Waals surface area (Å²) in [6, 6.07) is 7.97. The lowest BCUT2D eigenvalue weighted by atomic mass is 9.82. The van der Waals surface area contributed by atoms with E-state index in [0.29, 0.717) is 12.8 Å². The first-order valence-electron chi connectivity index (χ1n) is 8.00. The zero-order valence-electron chi connectivity index (χ0n) is 13.8. The lowest BCUT2D eigenvalue weighted by Crippen LogP contribution is -2.27. The van der Waals surface area contributed by atoms with E-state index in [9.17, 15) is 9.59 Å². The van der Waals surface area contributed by atoms with Crippen LogP contribution in [0, 0.1) is 17.8 Å². The number of para-hydroxylation sites is 1. The minimum absolute atomic E-state index is 0.0201. The summed E-state index contributed by atoms with van der Waals surface area (Å²) in [5.41, 5.74) is 2.06. The number of hydrogen-bond donors (Lipinski definition) is 1. The SMILES string of the molecule is CC(C)C(=O)[C@@H](CC(=O)Cc1c[nH]c2ccccc12)C(C)C. The molecule has 1 heterocycles. The molecule has 0 aliphatic carbocycles. The molecular formula is C19H25NO2. The van der Waals surface area contributed by atoms with E-state index in [-0.39, 0.29) is 29.3 Å². The highest BCUT2D eigenvalue weighted by Crippen LogP contribution is 2.23. The molecule has 22 heavy (non-hydrogen) atoms. The number of carbonyl (C=O) groups is 2. The average molecular weight is 299 g/mol. The van der Waals surface area contributed by atoms with Crippen LogP contribution in [0.3, 0.4) is 0 Å². The van der Waals surface area contributed by atoms with Crippen molar-refractivity contribution in [2.45, 2.75) is 40.5 Å². The van der Waals surface area contributed by atoms with Crippen LogP contribution in [0.15, 0.2) is 30.5 Å². The van der Waals surface area contributed by atoms with Gasteiger partial charge in [0.15, 0.2) is 0 Å². The van der Waals surface area contributed by atoms with Crippen molar-refractivity contribution in [1.29, 1.82) is 0 Å². The Labute approximate surface area is 132 Å². The Kier molecular flexibility index (Phi) is 5.17. The molecule has 3 nitrogen and oxygen atoms in total. The molecule has 0 aliphatic heterocycles. The largest absolute Gasteiger partial charge is 0.361 e. The van der Waals surface area contributed by atoms with Gasteiger partial charge in [-0.3, -0.25) is 9.59 Å². The summed E-state index contributed by atoms with van der Waals surface area (Å²) in [5, 5.41) is 1.09. The Balaban J connectivity index is 2.10. The first-order valence-corrected chi connectivity index (χ1v) is 8.00. The Bertz CT molecular complexity index is 667. The van der Waals surface area contributed by atoms with Crippen molar-refractivity contribution in [3.8, 4) is 0 Å². The van der Waals surface area contributed by atoms with Gasteiger partial charge in [-0.1, -0.05) is 45.9 Å². The Morgan fingerprint density at radius 2 is 1.77 bits per heavy atom. The van der Waals surface area contributed by atoms with E-state index < -0.39 is 0 Å². The van der Waals surface area contributed by atoms with Crippen LogP contribution in [-0.2, 0) is 16.0 Å². The van der Waals surface area contributed by atoms with Gasteiger partial charge in [-0.05, 0) is 17.5 Å². The molecule has 118 valence electrons. The van der Waals surface area contributed by atoms with E-state index in [1.807, 2.05) is 58.2 Å². The zero-order chi connectivity index (χ0) is 16.3. The normalized spacial score (nSPS) is 13.0. The maximum atomic E-state index is 12.4. The molecule has 1 N–H and O–H groups in total. The van der Waals surface area contributed by atoms with Gasteiger partial charge in [0.25, 0.3) is 0 Å². The number of aromatic amines is 1. The van der Waals surface area contributed by atoms with Crippen molar-refractivity contribution in [3.05, 3.63) is 36.0 Å². The number of carbonyl (C=O) groups excluding carboxylic acids is 2. The Hall–Kier alpha value is -1.90. The second kappa shape index (κ2) is 6.91.